The lowest BCUT2D eigenvalue weighted by Gasteiger charge is -2.25. The summed E-state index contributed by atoms with van der Waals surface area (Å²) in [6.07, 6.45) is 7.66. The van der Waals surface area contributed by atoms with Crippen LogP contribution in [0.15, 0.2) is 0 Å². The van der Waals surface area contributed by atoms with Crippen molar-refractivity contribution in [2.24, 2.45) is 17.8 Å². The SMILES string of the molecule is CCC1CC1C1CCC1. The smallest absolute Gasteiger partial charge is 0.0355 e. The molecule has 0 aromatic heterocycles. The lowest BCUT2D eigenvalue weighted by atomic mass is 9.81. The van der Waals surface area contributed by atoms with Gasteiger partial charge >= 0.3 is 0 Å². The first kappa shape index (κ1) is 5.76. The molecule has 0 heteroatoms. The highest BCUT2D eigenvalue weighted by atomic mass is 14.5. The first-order valence-corrected chi connectivity index (χ1v) is 4.42. The van der Waals surface area contributed by atoms with E-state index < -0.39 is 0 Å². The molecule has 0 aliphatic heterocycles. The highest BCUT2D eigenvalue weighted by Gasteiger charge is 2.43. The second-order valence-corrected chi connectivity index (χ2v) is 3.76. The van der Waals surface area contributed by atoms with Crippen LogP contribution in [0.25, 0.3) is 0 Å². The maximum atomic E-state index is 2.34. The molecule has 2 aliphatic carbocycles. The van der Waals surface area contributed by atoms with Crippen LogP contribution in [-0.4, -0.2) is 0 Å². The molecule has 0 nitrogen and oxygen atoms in total. The zero-order valence-corrected chi connectivity index (χ0v) is 6.27. The number of hydrogen-bond acceptors (Lipinski definition) is 0. The van der Waals surface area contributed by atoms with Crippen LogP contribution < -0.4 is 0 Å². The van der Waals surface area contributed by atoms with Crippen molar-refractivity contribution in [3.8, 4) is 0 Å². The standard InChI is InChI=1S/C9H16/c1-2-7-6-9(7)8-4-3-5-8/h7-9H,2-6H2,1H3. The summed E-state index contributed by atoms with van der Waals surface area (Å²) in [4.78, 5) is 0. The van der Waals surface area contributed by atoms with Crippen molar-refractivity contribution in [1.29, 1.82) is 0 Å². The molecule has 2 rings (SSSR count). The first-order valence-electron chi connectivity index (χ1n) is 4.42. The minimum Gasteiger partial charge on any atom is -0.0651 e. The Bertz CT molecular complexity index is 103. The second kappa shape index (κ2) is 2.00. The zero-order valence-electron chi connectivity index (χ0n) is 6.27. The fraction of sp³-hybridized carbons (Fsp3) is 1.00. The Balaban J connectivity index is 1.76. The van der Waals surface area contributed by atoms with Gasteiger partial charge in [-0.05, 0) is 24.2 Å². The fourth-order valence-corrected chi connectivity index (χ4v) is 2.19. The summed E-state index contributed by atoms with van der Waals surface area (Å²) >= 11 is 0. The lowest BCUT2D eigenvalue weighted by Crippen LogP contribution is -2.13. The number of hydrogen-bond donors (Lipinski definition) is 0. The molecule has 2 fully saturated rings. The highest BCUT2D eigenvalue weighted by Crippen LogP contribution is 2.52. The molecule has 0 radical (unpaired) electrons. The van der Waals surface area contributed by atoms with Crippen LogP contribution in [0.5, 0.6) is 0 Å². The zero-order chi connectivity index (χ0) is 6.27. The molecule has 0 aromatic carbocycles. The van der Waals surface area contributed by atoms with Gasteiger partial charge in [0.1, 0.15) is 0 Å². The molecule has 0 N–H and O–H groups in total. The van der Waals surface area contributed by atoms with Crippen molar-refractivity contribution in [3.63, 3.8) is 0 Å². The van der Waals surface area contributed by atoms with Gasteiger partial charge in [0.15, 0.2) is 0 Å². The van der Waals surface area contributed by atoms with Gasteiger partial charge in [0.2, 0.25) is 0 Å². The van der Waals surface area contributed by atoms with Gasteiger partial charge < -0.3 is 0 Å². The molecule has 0 saturated heterocycles. The fourth-order valence-electron chi connectivity index (χ4n) is 2.19. The second-order valence-electron chi connectivity index (χ2n) is 3.76. The molecule has 0 aromatic rings. The molecule has 2 saturated carbocycles. The summed E-state index contributed by atoms with van der Waals surface area (Å²) in [7, 11) is 0. The summed E-state index contributed by atoms with van der Waals surface area (Å²) in [5.41, 5.74) is 0. The lowest BCUT2D eigenvalue weighted by molar-refractivity contribution is 0.264. The van der Waals surface area contributed by atoms with Crippen molar-refractivity contribution in [3.05, 3.63) is 0 Å². The van der Waals surface area contributed by atoms with E-state index in [1.165, 1.54) is 24.7 Å². The van der Waals surface area contributed by atoms with Crippen molar-refractivity contribution in [2.45, 2.75) is 39.0 Å². The third-order valence-corrected chi connectivity index (χ3v) is 3.26. The Morgan fingerprint density at radius 1 is 1.33 bits per heavy atom. The Kier molecular flexibility index (Phi) is 1.28. The van der Waals surface area contributed by atoms with Crippen molar-refractivity contribution in [2.75, 3.05) is 0 Å². The van der Waals surface area contributed by atoms with Crippen LogP contribution in [0, 0.1) is 17.8 Å². The van der Waals surface area contributed by atoms with Gasteiger partial charge in [-0.3, -0.25) is 0 Å². The van der Waals surface area contributed by atoms with E-state index in [9.17, 15) is 0 Å². The average Bonchev–Trinajstić information content (AvgIpc) is 2.42. The van der Waals surface area contributed by atoms with E-state index >= 15 is 0 Å². The van der Waals surface area contributed by atoms with Crippen LogP contribution in [0.2, 0.25) is 0 Å². The minimum atomic E-state index is 1.15. The summed E-state index contributed by atoms with van der Waals surface area (Å²) < 4.78 is 0. The summed E-state index contributed by atoms with van der Waals surface area (Å²) in [6, 6.07) is 0. The quantitative estimate of drug-likeness (QED) is 0.531. The molecular weight excluding hydrogens is 108 g/mol. The van der Waals surface area contributed by atoms with Crippen LogP contribution in [0.3, 0.4) is 0 Å². The minimum absolute atomic E-state index is 1.15. The topological polar surface area (TPSA) is 0 Å². The predicted octanol–water partition coefficient (Wildman–Crippen LogP) is 2.83. The molecule has 2 atom stereocenters. The predicted molar refractivity (Wildman–Crippen MR) is 39.2 cm³/mol. The van der Waals surface area contributed by atoms with Crippen molar-refractivity contribution < 1.29 is 0 Å². The maximum absolute atomic E-state index is 2.34. The monoisotopic (exact) mass is 124 g/mol. The highest BCUT2D eigenvalue weighted by molar-refractivity contribution is 4.93. The van der Waals surface area contributed by atoms with E-state index in [0.717, 1.165) is 5.92 Å². The van der Waals surface area contributed by atoms with Gasteiger partial charge in [-0.1, -0.05) is 32.6 Å². The van der Waals surface area contributed by atoms with E-state index in [-0.39, 0.29) is 0 Å². The van der Waals surface area contributed by atoms with Crippen LogP contribution in [0.4, 0.5) is 0 Å². The summed E-state index contributed by atoms with van der Waals surface area (Å²) in [5, 5.41) is 0. The Morgan fingerprint density at radius 2 is 2.11 bits per heavy atom. The van der Waals surface area contributed by atoms with Crippen LogP contribution in [-0.2, 0) is 0 Å². The molecule has 0 spiro atoms. The molecule has 2 aliphatic rings. The summed E-state index contributed by atoms with van der Waals surface area (Å²) in [6.45, 7) is 2.34. The van der Waals surface area contributed by atoms with Gasteiger partial charge in [0, 0.05) is 0 Å². The molecule has 0 heterocycles. The largest absolute Gasteiger partial charge is 0.0651 e. The Morgan fingerprint density at radius 3 is 2.44 bits per heavy atom. The third-order valence-electron chi connectivity index (χ3n) is 3.26. The average molecular weight is 124 g/mol. The molecule has 0 bridgehead atoms. The van der Waals surface area contributed by atoms with Crippen molar-refractivity contribution in [1.82, 2.24) is 0 Å². The molecular formula is C9H16. The normalized spacial score (nSPS) is 42.3. The number of rotatable bonds is 2. The van der Waals surface area contributed by atoms with E-state index in [4.69, 9.17) is 0 Å². The van der Waals surface area contributed by atoms with E-state index in [1.54, 1.807) is 19.3 Å². The Hall–Kier alpha value is 0. The van der Waals surface area contributed by atoms with Crippen LogP contribution >= 0.6 is 0 Å². The van der Waals surface area contributed by atoms with E-state index in [2.05, 4.69) is 6.92 Å². The first-order chi connectivity index (χ1) is 4.42. The van der Waals surface area contributed by atoms with Gasteiger partial charge in [0.05, 0.1) is 0 Å². The molecule has 9 heavy (non-hydrogen) atoms. The van der Waals surface area contributed by atoms with Gasteiger partial charge in [-0.25, -0.2) is 0 Å². The molecule has 2 unspecified atom stereocenters. The van der Waals surface area contributed by atoms with E-state index in [0.29, 0.717) is 0 Å². The molecule has 0 amide bonds. The van der Waals surface area contributed by atoms with Crippen LogP contribution in [0.1, 0.15) is 39.0 Å². The van der Waals surface area contributed by atoms with E-state index in [1.807, 2.05) is 0 Å². The van der Waals surface area contributed by atoms with Gasteiger partial charge in [-0.15, -0.1) is 0 Å². The summed E-state index contributed by atoms with van der Waals surface area (Å²) in [5.74, 6) is 3.51. The maximum Gasteiger partial charge on any atom is -0.0355 e. The van der Waals surface area contributed by atoms with Crippen molar-refractivity contribution >= 4 is 0 Å². The third kappa shape index (κ3) is 0.889. The van der Waals surface area contributed by atoms with Gasteiger partial charge in [-0.2, -0.15) is 0 Å². The Labute approximate surface area is 57.6 Å². The van der Waals surface area contributed by atoms with Gasteiger partial charge in [0.25, 0.3) is 0 Å². The molecule has 52 valence electrons.